The van der Waals surface area contributed by atoms with Gasteiger partial charge in [0.15, 0.2) is 0 Å². The van der Waals surface area contributed by atoms with Gasteiger partial charge in [-0.2, -0.15) is 0 Å². The molecule has 1 atom stereocenters. The zero-order valence-corrected chi connectivity index (χ0v) is 20.6. The van der Waals surface area contributed by atoms with Crippen LogP contribution in [0.3, 0.4) is 0 Å². The van der Waals surface area contributed by atoms with Gasteiger partial charge >= 0.3 is 0 Å². The SMILES string of the molecule is Cc1c(C(=O)NC(CCC2CC2)C(=O)NCc2ccc(CN3CCCC3)cc2)[nH]c2ccccc12. The molecule has 1 aliphatic heterocycles. The third-order valence-electron chi connectivity index (χ3n) is 7.47. The number of fused-ring (bicyclic) bond motifs is 1. The standard InChI is InChI=1S/C29H36N4O2/c1-20-24-6-2-3-7-25(24)31-27(20)29(35)32-26(15-14-21-8-9-21)28(34)30-18-22-10-12-23(13-11-22)19-33-16-4-5-17-33/h2-3,6-7,10-13,21,26,31H,4-5,8-9,14-19H2,1H3,(H,30,34)(H,32,35). The molecule has 0 spiro atoms. The van der Waals surface area contributed by atoms with Gasteiger partial charge in [0.1, 0.15) is 11.7 Å². The Morgan fingerprint density at radius 2 is 1.74 bits per heavy atom. The van der Waals surface area contributed by atoms with E-state index < -0.39 is 6.04 Å². The van der Waals surface area contributed by atoms with E-state index in [-0.39, 0.29) is 11.8 Å². The van der Waals surface area contributed by atoms with Crippen molar-refractivity contribution in [2.24, 2.45) is 5.92 Å². The second kappa shape index (κ2) is 10.6. The number of hydrogen-bond acceptors (Lipinski definition) is 3. The molecule has 2 amide bonds. The maximum atomic E-state index is 13.1. The number of likely N-dealkylation sites (tertiary alicyclic amines) is 1. The number of nitrogens with zero attached hydrogens (tertiary/aromatic N) is 1. The van der Waals surface area contributed by atoms with Crippen LogP contribution in [0.25, 0.3) is 10.9 Å². The highest BCUT2D eigenvalue weighted by molar-refractivity contribution is 6.02. The summed E-state index contributed by atoms with van der Waals surface area (Å²) < 4.78 is 0. The highest BCUT2D eigenvalue weighted by Crippen LogP contribution is 2.34. The van der Waals surface area contributed by atoms with Gasteiger partial charge in [-0.15, -0.1) is 0 Å². The van der Waals surface area contributed by atoms with Crippen molar-refractivity contribution in [1.29, 1.82) is 0 Å². The molecule has 1 saturated heterocycles. The molecule has 184 valence electrons. The summed E-state index contributed by atoms with van der Waals surface area (Å²) in [6.07, 6.45) is 6.68. The summed E-state index contributed by atoms with van der Waals surface area (Å²) in [5.74, 6) is 0.356. The molecule has 1 aromatic heterocycles. The van der Waals surface area contributed by atoms with Crippen LogP contribution < -0.4 is 10.6 Å². The van der Waals surface area contributed by atoms with E-state index in [1.807, 2.05) is 31.2 Å². The van der Waals surface area contributed by atoms with E-state index in [0.29, 0.717) is 24.6 Å². The number of hydrogen-bond donors (Lipinski definition) is 3. The molecule has 1 aliphatic carbocycles. The van der Waals surface area contributed by atoms with Crippen LogP contribution in [0, 0.1) is 12.8 Å². The minimum atomic E-state index is -0.539. The van der Waals surface area contributed by atoms with Gasteiger partial charge in [0.05, 0.1) is 0 Å². The Morgan fingerprint density at radius 1 is 1.03 bits per heavy atom. The minimum Gasteiger partial charge on any atom is -0.350 e. The Balaban J connectivity index is 1.20. The fourth-order valence-corrected chi connectivity index (χ4v) is 5.09. The molecule has 6 nitrogen and oxygen atoms in total. The lowest BCUT2D eigenvalue weighted by molar-refractivity contribution is -0.123. The minimum absolute atomic E-state index is 0.117. The molecule has 0 radical (unpaired) electrons. The lowest BCUT2D eigenvalue weighted by Crippen LogP contribution is -2.46. The smallest absolute Gasteiger partial charge is 0.268 e. The maximum absolute atomic E-state index is 13.1. The van der Waals surface area contributed by atoms with E-state index in [1.165, 1.54) is 44.3 Å². The van der Waals surface area contributed by atoms with Crippen LogP contribution in [0.15, 0.2) is 48.5 Å². The number of carbonyl (C=O) groups excluding carboxylic acids is 2. The van der Waals surface area contributed by atoms with E-state index in [0.717, 1.165) is 35.0 Å². The molecule has 2 heterocycles. The lowest BCUT2D eigenvalue weighted by atomic mass is 10.1. The predicted molar refractivity (Wildman–Crippen MR) is 139 cm³/mol. The van der Waals surface area contributed by atoms with Crippen LogP contribution in [0.2, 0.25) is 0 Å². The molecule has 1 saturated carbocycles. The van der Waals surface area contributed by atoms with Gasteiger partial charge in [-0.1, -0.05) is 55.3 Å². The number of aromatic nitrogens is 1. The maximum Gasteiger partial charge on any atom is 0.268 e. The summed E-state index contributed by atoms with van der Waals surface area (Å²) >= 11 is 0. The first-order valence-corrected chi connectivity index (χ1v) is 13.0. The largest absolute Gasteiger partial charge is 0.350 e. The number of benzene rings is 2. The molecule has 2 aliphatic rings. The normalized spacial score (nSPS) is 16.9. The van der Waals surface area contributed by atoms with Crippen molar-refractivity contribution >= 4 is 22.7 Å². The molecule has 3 N–H and O–H groups in total. The van der Waals surface area contributed by atoms with Crippen LogP contribution in [0.5, 0.6) is 0 Å². The Bertz CT molecular complexity index is 1170. The highest BCUT2D eigenvalue weighted by atomic mass is 16.2. The lowest BCUT2D eigenvalue weighted by Gasteiger charge is -2.19. The summed E-state index contributed by atoms with van der Waals surface area (Å²) in [5, 5.41) is 7.11. The number of nitrogens with one attached hydrogen (secondary N) is 3. The van der Waals surface area contributed by atoms with E-state index in [2.05, 4.69) is 44.8 Å². The number of H-pyrrole nitrogens is 1. The topological polar surface area (TPSA) is 77.2 Å². The van der Waals surface area contributed by atoms with Crippen molar-refractivity contribution < 1.29 is 9.59 Å². The van der Waals surface area contributed by atoms with Gasteiger partial charge in [-0.25, -0.2) is 0 Å². The summed E-state index contributed by atoms with van der Waals surface area (Å²) in [4.78, 5) is 32.0. The molecule has 0 bridgehead atoms. The zero-order valence-electron chi connectivity index (χ0n) is 20.6. The Morgan fingerprint density at radius 3 is 2.46 bits per heavy atom. The fourth-order valence-electron chi connectivity index (χ4n) is 5.09. The molecule has 2 fully saturated rings. The quantitative estimate of drug-likeness (QED) is 0.401. The first kappa shape index (κ1) is 23.6. The van der Waals surface area contributed by atoms with Gasteiger partial charge in [0, 0.05) is 24.0 Å². The van der Waals surface area contributed by atoms with E-state index in [9.17, 15) is 9.59 Å². The molecule has 35 heavy (non-hydrogen) atoms. The molecular weight excluding hydrogens is 436 g/mol. The average molecular weight is 473 g/mol. The molecule has 3 aromatic rings. The van der Waals surface area contributed by atoms with Crippen LogP contribution in [0.1, 0.15) is 65.7 Å². The first-order valence-electron chi connectivity index (χ1n) is 13.0. The number of carbonyl (C=O) groups is 2. The third kappa shape index (κ3) is 5.93. The van der Waals surface area contributed by atoms with E-state index in [4.69, 9.17) is 0 Å². The van der Waals surface area contributed by atoms with Crippen molar-refractivity contribution in [3.63, 3.8) is 0 Å². The summed E-state index contributed by atoms with van der Waals surface area (Å²) in [6, 6.07) is 15.9. The monoisotopic (exact) mass is 472 g/mol. The Hall–Kier alpha value is -3.12. The zero-order chi connectivity index (χ0) is 24.2. The number of aromatic amines is 1. The Labute approximate surface area is 207 Å². The van der Waals surface area contributed by atoms with Crippen LogP contribution in [0.4, 0.5) is 0 Å². The molecule has 6 heteroatoms. The number of para-hydroxylation sites is 1. The average Bonchev–Trinajstić information content (AvgIpc) is 3.45. The van der Waals surface area contributed by atoms with E-state index >= 15 is 0 Å². The van der Waals surface area contributed by atoms with Crippen molar-refractivity contribution in [2.45, 2.75) is 64.6 Å². The van der Waals surface area contributed by atoms with Crippen molar-refractivity contribution in [3.05, 3.63) is 70.9 Å². The van der Waals surface area contributed by atoms with Gasteiger partial charge in [-0.05, 0) is 74.4 Å². The Kier molecular flexibility index (Phi) is 7.19. The van der Waals surface area contributed by atoms with Crippen molar-refractivity contribution in [3.8, 4) is 0 Å². The van der Waals surface area contributed by atoms with Gasteiger partial charge < -0.3 is 15.6 Å². The molecule has 5 rings (SSSR count). The van der Waals surface area contributed by atoms with Crippen LogP contribution >= 0.6 is 0 Å². The summed E-state index contributed by atoms with van der Waals surface area (Å²) in [7, 11) is 0. The fraction of sp³-hybridized carbons (Fsp3) is 0.448. The molecule has 2 aromatic carbocycles. The van der Waals surface area contributed by atoms with Gasteiger partial charge in [-0.3, -0.25) is 14.5 Å². The van der Waals surface area contributed by atoms with Crippen molar-refractivity contribution in [1.82, 2.24) is 20.5 Å². The predicted octanol–water partition coefficient (Wildman–Crippen LogP) is 4.68. The number of aryl methyl sites for hydroxylation is 1. The summed E-state index contributed by atoms with van der Waals surface area (Å²) in [6.45, 7) is 5.77. The van der Waals surface area contributed by atoms with Crippen LogP contribution in [-0.2, 0) is 17.9 Å². The van der Waals surface area contributed by atoms with Gasteiger partial charge in [0.2, 0.25) is 5.91 Å². The molecular formula is C29H36N4O2. The highest BCUT2D eigenvalue weighted by Gasteiger charge is 2.27. The number of amides is 2. The van der Waals surface area contributed by atoms with Crippen LogP contribution in [-0.4, -0.2) is 40.8 Å². The summed E-state index contributed by atoms with van der Waals surface area (Å²) in [5.41, 5.74) is 4.76. The second-order valence-corrected chi connectivity index (χ2v) is 10.2. The van der Waals surface area contributed by atoms with Crippen molar-refractivity contribution in [2.75, 3.05) is 13.1 Å². The van der Waals surface area contributed by atoms with E-state index in [1.54, 1.807) is 0 Å². The van der Waals surface area contributed by atoms with Gasteiger partial charge in [0.25, 0.3) is 5.91 Å². The first-order chi connectivity index (χ1) is 17.1. The second-order valence-electron chi connectivity index (χ2n) is 10.2. The third-order valence-corrected chi connectivity index (χ3v) is 7.47. The molecule has 1 unspecified atom stereocenters. The number of rotatable bonds is 10.